The Morgan fingerprint density at radius 3 is 2.21 bits per heavy atom. The van der Waals surface area contributed by atoms with Crippen LogP contribution in [0.25, 0.3) is 6.08 Å². The Kier molecular flexibility index (Phi) is 8.18. The van der Waals surface area contributed by atoms with Crippen LogP contribution in [0.1, 0.15) is 12.0 Å². The Bertz CT molecular complexity index is 1060. The molecule has 1 aliphatic rings. The van der Waals surface area contributed by atoms with Crippen molar-refractivity contribution < 1.29 is 28.5 Å². The van der Waals surface area contributed by atoms with Crippen molar-refractivity contribution in [3.05, 3.63) is 46.9 Å². The zero-order valence-corrected chi connectivity index (χ0v) is 20.3. The second kappa shape index (κ2) is 11.1. The van der Waals surface area contributed by atoms with Crippen molar-refractivity contribution in [3.8, 4) is 23.0 Å². The van der Waals surface area contributed by atoms with E-state index in [1.807, 2.05) is 0 Å². The Labute approximate surface area is 201 Å². The van der Waals surface area contributed by atoms with E-state index < -0.39 is 0 Å². The van der Waals surface area contributed by atoms with E-state index in [2.05, 4.69) is 5.32 Å². The van der Waals surface area contributed by atoms with Crippen LogP contribution in [0.2, 0.25) is 0 Å². The minimum atomic E-state index is -0.254. The average molecular weight is 489 g/mol. The van der Waals surface area contributed by atoms with Crippen LogP contribution in [0.3, 0.4) is 0 Å². The number of rotatable bonds is 9. The SMILES string of the molecule is COc1ccc(NC(=O)CCN2C(=O)/C(=C/c3cc(OC)c(OC)c(OC)c3)SC2=S)cc1. The van der Waals surface area contributed by atoms with Crippen LogP contribution in [0.4, 0.5) is 5.69 Å². The monoisotopic (exact) mass is 488 g/mol. The maximum Gasteiger partial charge on any atom is 0.266 e. The van der Waals surface area contributed by atoms with Gasteiger partial charge in [0.05, 0.1) is 33.3 Å². The Morgan fingerprint density at radius 1 is 1.03 bits per heavy atom. The molecular weight excluding hydrogens is 464 g/mol. The summed E-state index contributed by atoms with van der Waals surface area (Å²) < 4.78 is 21.6. The molecule has 0 unspecified atom stereocenters. The normalized spacial score (nSPS) is 14.4. The van der Waals surface area contributed by atoms with Gasteiger partial charge in [-0.15, -0.1) is 0 Å². The van der Waals surface area contributed by atoms with E-state index in [9.17, 15) is 9.59 Å². The summed E-state index contributed by atoms with van der Waals surface area (Å²) in [5.41, 5.74) is 1.34. The van der Waals surface area contributed by atoms with Crippen molar-refractivity contribution in [3.63, 3.8) is 0 Å². The molecule has 174 valence electrons. The van der Waals surface area contributed by atoms with E-state index in [4.69, 9.17) is 31.2 Å². The molecule has 0 radical (unpaired) electrons. The highest BCUT2D eigenvalue weighted by molar-refractivity contribution is 8.26. The fourth-order valence-corrected chi connectivity index (χ4v) is 4.45. The summed E-state index contributed by atoms with van der Waals surface area (Å²) in [6, 6.07) is 10.5. The molecule has 1 fully saturated rings. The van der Waals surface area contributed by atoms with Gasteiger partial charge >= 0.3 is 0 Å². The van der Waals surface area contributed by atoms with E-state index in [-0.39, 0.29) is 24.8 Å². The molecule has 10 heteroatoms. The van der Waals surface area contributed by atoms with Crippen molar-refractivity contribution in [2.24, 2.45) is 0 Å². The fourth-order valence-electron chi connectivity index (χ4n) is 3.14. The van der Waals surface area contributed by atoms with Gasteiger partial charge in [0.1, 0.15) is 10.1 Å². The summed E-state index contributed by atoms with van der Waals surface area (Å²) in [5.74, 6) is 1.65. The van der Waals surface area contributed by atoms with Gasteiger partial charge in [-0.2, -0.15) is 0 Å². The highest BCUT2D eigenvalue weighted by Gasteiger charge is 2.32. The average Bonchev–Trinajstić information content (AvgIpc) is 3.09. The predicted octanol–water partition coefficient (Wildman–Crippen LogP) is 3.95. The van der Waals surface area contributed by atoms with Crippen molar-refractivity contribution in [2.75, 3.05) is 40.3 Å². The molecule has 1 aliphatic heterocycles. The molecule has 2 aromatic rings. The highest BCUT2D eigenvalue weighted by atomic mass is 32.2. The number of carbonyl (C=O) groups is 2. The molecule has 1 heterocycles. The van der Waals surface area contributed by atoms with Crippen molar-refractivity contribution >= 4 is 51.9 Å². The first kappa shape index (κ1) is 24.4. The third kappa shape index (κ3) is 5.77. The van der Waals surface area contributed by atoms with Crippen LogP contribution in [0.15, 0.2) is 41.3 Å². The van der Waals surface area contributed by atoms with Crippen LogP contribution in [-0.2, 0) is 9.59 Å². The summed E-state index contributed by atoms with van der Waals surface area (Å²) in [6.45, 7) is 0.180. The topological polar surface area (TPSA) is 86.3 Å². The molecule has 0 aliphatic carbocycles. The molecule has 2 aromatic carbocycles. The fraction of sp³-hybridized carbons (Fsp3) is 0.261. The lowest BCUT2D eigenvalue weighted by Gasteiger charge is -2.14. The molecule has 0 atom stereocenters. The van der Waals surface area contributed by atoms with Gasteiger partial charge < -0.3 is 24.3 Å². The summed E-state index contributed by atoms with van der Waals surface area (Å²) in [5, 5.41) is 2.80. The summed E-state index contributed by atoms with van der Waals surface area (Å²) in [4.78, 5) is 27.1. The number of ether oxygens (including phenoxy) is 4. The van der Waals surface area contributed by atoms with Crippen molar-refractivity contribution in [1.82, 2.24) is 4.90 Å². The number of amides is 2. The van der Waals surface area contributed by atoms with E-state index >= 15 is 0 Å². The van der Waals surface area contributed by atoms with Crippen LogP contribution in [-0.4, -0.2) is 56.0 Å². The lowest BCUT2D eigenvalue weighted by Crippen LogP contribution is -2.31. The number of methoxy groups -OCH3 is 4. The minimum absolute atomic E-state index is 0.107. The first-order chi connectivity index (χ1) is 15.9. The number of thiocarbonyl (C=S) groups is 1. The number of anilines is 1. The summed E-state index contributed by atoms with van der Waals surface area (Å²) in [6.07, 6.45) is 1.82. The van der Waals surface area contributed by atoms with Gasteiger partial charge in [-0.25, -0.2) is 0 Å². The van der Waals surface area contributed by atoms with Gasteiger partial charge in [-0.05, 0) is 48.0 Å². The molecule has 2 amide bonds. The lowest BCUT2D eigenvalue weighted by atomic mass is 10.1. The van der Waals surface area contributed by atoms with E-state index in [0.29, 0.717) is 43.5 Å². The molecule has 33 heavy (non-hydrogen) atoms. The number of hydrogen-bond acceptors (Lipinski definition) is 8. The van der Waals surface area contributed by atoms with Gasteiger partial charge in [-0.1, -0.05) is 24.0 Å². The quantitative estimate of drug-likeness (QED) is 0.420. The van der Waals surface area contributed by atoms with E-state index in [1.165, 1.54) is 38.0 Å². The molecular formula is C23H24N2O6S2. The predicted molar refractivity (Wildman–Crippen MR) is 132 cm³/mol. The van der Waals surface area contributed by atoms with Crippen molar-refractivity contribution in [2.45, 2.75) is 6.42 Å². The number of nitrogens with one attached hydrogen (secondary N) is 1. The highest BCUT2D eigenvalue weighted by Crippen LogP contribution is 2.40. The maximum absolute atomic E-state index is 12.9. The molecule has 0 aromatic heterocycles. The Morgan fingerprint density at radius 2 is 1.67 bits per heavy atom. The number of thioether (sulfide) groups is 1. The minimum Gasteiger partial charge on any atom is -0.497 e. The number of hydrogen-bond donors (Lipinski definition) is 1. The van der Waals surface area contributed by atoms with Gasteiger partial charge in [0, 0.05) is 18.7 Å². The van der Waals surface area contributed by atoms with Crippen LogP contribution >= 0.6 is 24.0 Å². The van der Waals surface area contributed by atoms with Crippen molar-refractivity contribution in [1.29, 1.82) is 0 Å². The summed E-state index contributed by atoms with van der Waals surface area (Å²) >= 11 is 6.55. The first-order valence-electron chi connectivity index (χ1n) is 9.89. The standard InChI is InChI=1S/C23H24N2O6S2/c1-28-16-7-5-15(6-8-16)24-20(26)9-10-25-22(27)19(33-23(25)32)13-14-11-17(29-2)21(31-4)18(12-14)30-3/h5-8,11-13H,9-10H2,1-4H3,(H,24,26)/b19-13-. The Balaban J connectivity index is 1.67. The molecule has 8 nitrogen and oxygen atoms in total. The van der Waals surface area contributed by atoms with Gasteiger partial charge in [-0.3, -0.25) is 14.5 Å². The molecule has 0 spiro atoms. The van der Waals surface area contributed by atoms with E-state index in [0.717, 1.165) is 0 Å². The zero-order valence-electron chi connectivity index (χ0n) is 18.7. The van der Waals surface area contributed by atoms with Crippen LogP contribution in [0, 0.1) is 0 Å². The van der Waals surface area contributed by atoms with Crippen LogP contribution in [0.5, 0.6) is 23.0 Å². The third-order valence-corrected chi connectivity index (χ3v) is 6.17. The molecule has 1 saturated heterocycles. The number of benzene rings is 2. The molecule has 3 rings (SSSR count). The lowest BCUT2D eigenvalue weighted by molar-refractivity contribution is -0.122. The molecule has 0 saturated carbocycles. The van der Waals surface area contributed by atoms with Gasteiger partial charge in [0.2, 0.25) is 11.7 Å². The zero-order chi connectivity index (χ0) is 24.0. The second-order valence-electron chi connectivity index (χ2n) is 6.82. The Hall–Kier alpha value is -3.24. The summed E-state index contributed by atoms with van der Waals surface area (Å²) in [7, 11) is 6.15. The smallest absolute Gasteiger partial charge is 0.266 e. The molecule has 0 bridgehead atoms. The van der Waals surface area contributed by atoms with Gasteiger partial charge in [0.15, 0.2) is 11.5 Å². The van der Waals surface area contributed by atoms with Gasteiger partial charge in [0.25, 0.3) is 5.91 Å². The first-order valence-corrected chi connectivity index (χ1v) is 11.1. The second-order valence-corrected chi connectivity index (χ2v) is 8.49. The maximum atomic E-state index is 12.9. The third-order valence-electron chi connectivity index (χ3n) is 4.79. The van der Waals surface area contributed by atoms with E-state index in [1.54, 1.807) is 49.6 Å². The number of nitrogens with zero attached hydrogens (tertiary/aromatic N) is 1. The largest absolute Gasteiger partial charge is 0.497 e. The number of carbonyl (C=O) groups excluding carboxylic acids is 2. The van der Waals surface area contributed by atoms with Crippen LogP contribution < -0.4 is 24.3 Å². The molecule has 1 N–H and O–H groups in total.